The van der Waals surface area contributed by atoms with Crippen LogP contribution in [0.1, 0.15) is 24.8 Å². The topological polar surface area (TPSA) is 64.1 Å². The Bertz CT molecular complexity index is 681. The number of anilines is 1. The monoisotopic (exact) mass is 343 g/mol. The van der Waals surface area contributed by atoms with E-state index in [-0.39, 0.29) is 17.9 Å². The van der Waals surface area contributed by atoms with E-state index in [0.717, 1.165) is 35.9 Å². The average molecular weight is 343 g/mol. The lowest BCUT2D eigenvalue weighted by atomic mass is 10.1. The number of nitrogens with one attached hydrogen (secondary N) is 1. The highest BCUT2D eigenvalue weighted by atomic mass is 32.2. The summed E-state index contributed by atoms with van der Waals surface area (Å²) in [5.41, 5.74) is 1.26. The van der Waals surface area contributed by atoms with E-state index < -0.39 is 0 Å². The summed E-state index contributed by atoms with van der Waals surface area (Å²) >= 11 is 1.67. The minimum absolute atomic E-state index is 0.00361. The zero-order valence-electron chi connectivity index (χ0n) is 13.6. The Morgan fingerprint density at radius 2 is 2.12 bits per heavy atom. The molecule has 2 aromatic rings. The van der Waals surface area contributed by atoms with Gasteiger partial charge in [0.25, 0.3) is 0 Å². The quantitative estimate of drug-likeness (QED) is 0.639. The van der Waals surface area contributed by atoms with Crippen molar-refractivity contribution in [2.24, 2.45) is 5.92 Å². The number of aromatic nitrogens is 2. The van der Waals surface area contributed by atoms with Crippen LogP contribution in [0.5, 0.6) is 0 Å². The zero-order chi connectivity index (χ0) is 16.8. The minimum Gasteiger partial charge on any atom is -0.469 e. The van der Waals surface area contributed by atoms with E-state index in [1.165, 1.54) is 12.7 Å². The van der Waals surface area contributed by atoms with Crippen molar-refractivity contribution in [2.45, 2.75) is 36.1 Å². The largest absolute Gasteiger partial charge is 0.469 e. The van der Waals surface area contributed by atoms with Crippen molar-refractivity contribution in [3.8, 4) is 0 Å². The summed E-state index contributed by atoms with van der Waals surface area (Å²) in [5, 5.41) is 4.29. The molecule has 1 aromatic carbocycles. The molecule has 1 saturated carbocycles. The molecule has 1 aromatic heterocycles. The molecular formula is C18H21N3O2S. The van der Waals surface area contributed by atoms with Gasteiger partial charge in [-0.3, -0.25) is 9.78 Å². The van der Waals surface area contributed by atoms with Gasteiger partial charge in [0.05, 0.1) is 25.4 Å². The first-order valence-electron chi connectivity index (χ1n) is 8.07. The van der Waals surface area contributed by atoms with Gasteiger partial charge in [-0.1, -0.05) is 30.3 Å². The van der Waals surface area contributed by atoms with E-state index in [1.807, 2.05) is 18.2 Å². The highest BCUT2D eigenvalue weighted by Gasteiger charge is 2.30. The van der Waals surface area contributed by atoms with Crippen molar-refractivity contribution < 1.29 is 9.53 Å². The Morgan fingerprint density at radius 1 is 1.29 bits per heavy atom. The Hall–Kier alpha value is -2.08. The first-order chi connectivity index (χ1) is 11.7. The number of ether oxygens (including phenoxy) is 1. The molecule has 6 heteroatoms. The van der Waals surface area contributed by atoms with Crippen LogP contribution in [0.2, 0.25) is 0 Å². The molecular weight excluding hydrogens is 322 g/mol. The molecule has 1 heterocycles. The lowest BCUT2D eigenvalue weighted by Crippen LogP contribution is -2.19. The number of hydrogen-bond donors (Lipinski definition) is 1. The number of methoxy groups -OCH3 is 1. The second-order valence-electron chi connectivity index (χ2n) is 5.89. The van der Waals surface area contributed by atoms with Crippen LogP contribution in [-0.2, 0) is 15.3 Å². The van der Waals surface area contributed by atoms with Gasteiger partial charge in [-0.15, -0.1) is 11.8 Å². The van der Waals surface area contributed by atoms with Crippen LogP contribution in [0.15, 0.2) is 47.8 Å². The van der Waals surface area contributed by atoms with Crippen molar-refractivity contribution >= 4 is 23.5 Å². The van der Waals surface area contributed by atoms with Crippen molar-refractivity contribution in [3.63, 3.8) is 0 Å². The number of rotatable bonds is 6. The predicted molar refractivity (Wildman–Crippen MR) is 94.8 cm³/mol. The lowest BCUT2D eigenvalue weighted by molar-refractivity contribution is -0.145. The van der Waals surface area contributed by atoms with E-state index >= 15 is 0 Å². The van der Waals surface area contributed by atoms with Gasteiger partial charge in [0.1, 0.15) is 10.8 Å². The maximum atomic E-state index is 11.6. The third-order valence-corrected chi connectivity index (χ3v) is 5.13. The molecule has 1 N–H and O–H groups in total. The van der Waals surface area contributed by atoms with Crippen LogP contribution in [-0.4, -0.2) is 29.1 Å². The lowest BCUT2D eigenvalue weighted by Gasteiger charge is -2.13. The SMILES string of the molecule is COC(=O)[C@H]1CC[C@@H](Nc2cncc(SCc3ccccc3)n2)C1. The molecule has 0 radical (unpaired) electrons. The number of thioether (sulfide) groups is 1. The maximum absolute atomic E-state index is 11.6. The fraction of sp³-hybridized carbons (Fsp3) is 0.389. The zero-order valence-corrected chi connectivity index (χ0v) is 14.5. The Labute approximate surface area is 146 Å². The summed E-state index contributed by atoms with van der Waals surface area (Å²) in [7, 11) is 1.45. The molecule has 24 heavy (non-hydrogen) atoms. The van der Waals surface area contributed by atoms with Crippen molar-refractivity contribution in [2.75, 3.05) is 12.4 Å². The van der Waals surface area contributed by atoms with E-state index in [9.17, 15) is 4.79 Å². The summed E-state index contributed by atoms with van der Waals surface area (Å²) in [5.74, 6) is 1.52. The van der Waals surface area contributed by atoms with Crippen molar-refractivity contribution in [1.82, 2.24) is 9.97 Å². The van der Waals surface area contributed by atoms with E-state index in [2.05, 4.69) is 27.4 Å². The van der Waals surface area contributed by atoms with Gasteiger partial charge in [0, 0.05) is 11.8 Å². The molecule has 0 spiro atoms. The maximum Gasteiger partial charge on any atom is 0.308 e. The van der Waals surface area contributed by atoms with Gasteiger partial charge in [-0.2, -0.15) is 0 Å². The summed E-state index contributed by atoms with van der Waals surface area (Å²) in [6.45, 7) is 0. The molecule has 1 aliphatic rings. The highest BCUT2D eigenvalue weighted by molar-refractivity contribution is 7.98. The molecule has 2 atom stereocenters. The van der Waals surface area contributed by atoms with Crippen LogP contribution in [0.25, 0.3) is 0 Å². The van der Waals surface area contributed by atoms with E-state index in [0.29, 0.717) is 0 Å². The molecule has 1 fully saturated rings. The molecule has 5 nitrogen and oxygen atoms in total. The Kier molecular flexibility index (Phi) is 5.69. The second kappa shape index (κ2) is 8.15. The molecule has 0 bridgehead atoms. The number of nitrogens with zero attached hydrogens (tertiary/aromatic N) is 2. The van der Waals surface area contributed by atoms with Gasteiger partial charge in [-0.25, -0.2) is 4.98 Å². The minimum atomic E-state index is -0.113. The molecule has 1 aliphatic carbocycles. The third-order valence-electron chi connectivity index (χ3n) is 4.16. The normalized spacial score (nSPS) is 19.9. The number of carbonyl (C=O) groups is 1. The van der Waals surface area contributed by atoms with E-state index in [4.69, 9.17) is 4.74 Å². The average Bonchev–Trinajstić information content (AvgIpc) is 3.09. The van der Waals surface area contributed by atoms with Crippen molar-refractivity contribution in [1.29, 1.82) is 0 Å². The van der Waals surface area contributed by atoms with Gasteiger partial charge >= 0.3 is 5.97 Å². The molecule has 126 valence electrons. The van der Waals surface area contributed by atoms with Crippen molar-refractivity contribution in [3.05, 3.63) is 48.3 Å². The highest BCUT2D eigenvalue weighted by Crippen LogP contribution is 2.29. The number of hydrogen-bond acceptors (Lipinski definition) is 6. The van der Waals surface area contributed by atoms with Gasteiger partial charge in [-0.05, 0) is 24.8 Å². The number of carbonyl (C=O) groups excluding carboxylic acids is 1. The summed E-state index contributed by atoms with van der Waals surface area (Å²) in [6.07, 6.45) is 6.11. The first kappa shape index (κ1) is 16.8. The van der Waals surface area contributed by atoms with E-state index in [1.54, 1.807) is 24.2 Å². The van der Waals surface area contributed by atoms with Crippen LogP contribution in [0.4, 0.5) is 5.82 Å². The number of benzene rings is 1. The number of esters is 1. The Balaban J connectivity index is 1.55. The summed E-state index contributed by atoms with van der Waals surface area (Å²) in [4.78, 5) is 20.5. The third kappa shape index (κ3) is 4.47. The molecule has 0 aliphatic heterocycles. The van der Waals surface area contributed by atoms with Gasteiger partial charge in [0.2, 0.25) is 0 Å². The fourth-order valence-corrected chi connectivity index (χ4v) is 3.73. The molecule has 0 saturated heterocycles. The summed E-state index contributed by atoms with van der Waals surface area (Å²) < 4.78 is 4.83. The second-order valence-corrected chi connectivity index (χ2v) is 6.89. The van der Waals surface area contributed by atoms with Gasteiger partial charge < -0.3 is 10.1 Å². The van der Waals surface area contributed by atoms with Gasteiger partial charge in [0.15, 0.2) is 0 Å². The predicted octanol–water partition coefficient (Wildman–Crippen LogP) is 3.52. The Morgan fingerprint density at radius 3 is 2.92 bits per heavy atom. The molecule has 0 unspecified atom stereocenters. The van der Waals surface area contributed by atoms with Crippen LogP contribution in [0, 0.1) is 5.92 Å². The van der Waals surface area contributed by atoms with Crippen LogP contribution < -0.4 is 5.32 Å². The molecule has 0 amide bonds. The summed E-state index contributed by atoms with van der Waals surface area (Å²) in [6, 6.07) is 10.6. The standard InChI is InChI=1S/C18H21N3O2S/c1-23-18(22)14-7-8-15(9-14)20-16-10-19-11-17(21-16)24-12-13-5-3-2-4-6-13/h2-6,10-11,14-15H,7-9,12H2,1H3,(H,20,21)/t14-,15+/m0/s1. The fourth-order valence-electron chi connectivity index (χ4n) is 2.92. The van der Waals surface area contributed by atoms with Crippen LogP contribution in [0.3, 0.4) is 0 Å². The first-order valence-corrected chi connectivity index (χ1v) is 9.06. The van der Waals surface area contributed by atoms with Crippen LogP contribution >= 0.6 is 11.8 Å². The molecule has 3 rings (SSSR count). The smallest absolute Gasteiger partial charge is 0.308 e.